The molecule has 0 aliphatic heterocycles. The molecule has 0 spiro atoms. The first-order valence-electron chi connectivity index (χ1n) is 9.28. The van der Waals surface area contributed by atoms with E-state index in [0.29, 0.717) is 18.9 Å². The van der Waals surface area contributed by atoms with Crippen LogP contribution in [0, 0.1) is 5.92 Å². The van der Waals surface area contributed by atoms with Crippen molar-refractivity contribution >= 4 is 27.5 Å². The second-order valence-electron chi connectivity index (χ2n) is 7.32. The van der Waals surface area contributed by atoms with Crippen LogP contribution < -0.4 is 11.1 Å². The molecule has 1 aromatic carbocycles. The number of nitrogens with zero attached hydrogens (tertiary/aromatic N) is 4. The third kappa shape index (κ3) is 5.92. The van der Waals surface area contributed by atoms with Crippen LogP contribution in [0.4, 0.5) is 0 Å². The number of hydrogen-bond donors (Lipinski definition) is 2. The normalized spacial score (nSPS) is 14.6. The lowest BCUT2D eigenvalue weighted by Crippen LogP contribution is -2.47. The minimum absolute atomic E-state index is 0.0404. The molecule has 1 aromatic heterocycles. The zero-order chi connectivity index (χ0) is 20.0. The van der Waals surface area contributed by atoms with Crippen LogP contribution in [0.25, 0.3) is 20.7 Å². The monoisotopic (exact) mass is 388 g/mol. The Kier molecular flexibility index (Phi) is 7.59. The number of amides is 1. The van der Waals surface area contributed by atoms with Gasteiger partial charge in [0.25, 0.3) is 0 Å². The molecular formula is C19H28N6OS. The first kappa shape index (κ1) is 21.2. The van der Waals surface area contributed by atoms with Crippen molar-refractivity contribution in [3.8, 4) is 0 Å². The predicted molar refractivity (Wildman–Crippen MR) is 111 cm³/mol. The summed E-state index contributed by atoms with van der Waals surface area (Å²) in [5.41, 5.74) is 16.7. The average Bonchev–Trinajstić information content (AvgIpc) is 3.02. The fourth-order valence-electron chi connectivity index (χ4n) is 2.75. The molecule has 0 saturated heterocycles. The van der Waals surface area contributed by atoms with Gasteiger partial charge >= 0.3 is 0 Å². The lowest BCUT2D eigenvalue weighted by Gasteiger charge is -2.22. The number of nitrogens with one attached hydrogen (secondary N) is 1. The lowest BCUT2D eigenvalue weighted by atomic mass is 9.99. The van der Waals surface area contributed by atoms with Gasteiger partial charge in [0.05, 0.1) is 21.3 Å². The third-order valence-corrected chi connectivity index (χ3v) is 5.87. The number of aromatic nitrogens is 1. The number of rotatable bonds is 9. The van der Waals surface area contributed by atoms with E-state index >= 15 is 0 Å². The van der Waals surface area contributed by atoms with E-state index < -0.39 is 6.04 Å². The minimum atomic E-state index is -0.637. The van der Waals surface area contributed by atoms with Crippen molar-refractivity contribution in [2.75, 3.05) is 6.54 Å². The Balaban J connectivity index is 1.95. The Labute approximate surface area is 164 Å². The first-order valence-corrected chi connectivity index (χ1v) is 10.1. The molecule has 7 nitrogen and oxygen atoms in total. The number of benzene rings is 1. The smallest absolute Gasteiger partial charge is 0.237 e. The van der Waals surface area contributed by atoms with Crippen LogP contribution in [0.15, 0.2) is 23.3 Å². The standard InChI is InChI=1S/C19H28N6OS/c1-11(2)14-5-6-16-17(9-14)27-18(24-16)10-15(20)19(26)23-13(4)12(3)7-8-22-25-21/h5-6,9,11-13,15H,7-8,10,20H2,1-4H3,(H,23,26)/t12-,13-,15-/m0/s1. The largest absolute Gasteiger partial charge is 0.352 e. The van der Waals surface area contributed by atoms with Gasteiger partial charge in [-0.05, 0) is 48.4 Å². The summed E-state index contributed by atoms with van der Waals surface area (Å²) in [6.07, 6.45) is 1.14. The Morgan fingerprint density at radius 2 is 2.11 bits per heavy atom. The highest BCUT2D eigenvalue weighted by Crippen LogP contribution is 2.26. The molecule has 1 amide bonds. The maximum Gasteiger partial charge on any atom is 0.237 e. The Morgan fingerprint density at radius 3 is 2.78 bits per heavy atom. The van der Waals surface area contributed by atoms with Crippen molar-refractivity contribution in [3.05, 3.63) is 39.2 Å². The highest BCUT2D eigenvalue weighted by atomic mass is 32.1. The SMILES string of the molecule is CC(C)c1ccc2nc(C[C@H](N)C(=O)N[C@@H](C)[C@@H](C)CCN=[N+]=[N-])sc2c1. The van der Waals surface area contributed by atoms with Gasteiger partial charge in [-0.3, -0.25) is 4.79 Å². The zero-order valence-corrected chi connectivity index (χ0v) is 17.2. The maximum atomic E-state index is 12.4. The molecule has 0 bridgehead atoms. The predicted octanol–water partition coefficient (Wildman–Crippen LogP) is 4.13. The number of thiazole rings is 1. The molecule has 0 aliphatic rings. The topological polar surface area (TPSA) is 117 Å². The van der Waals surface area contributed by atoms with Gasteiger partial charge in [0.2, 0.25) is 5.91 Å². The highest BCUT2D eigenvalue weighted by Gasteiger charge is 2.21. The average molecular weight is 389 g/mol. The van der Waals surface area contributed by atoms with E-state index in [1.165, 1.54) is 5.56 Å². The van der Waals surface area contributed by atoms with Gasteiger partial charge in [-0.15, -0.1) is 11.3 Å². The number of fused-ring (bicyclic) bond motifs is 1. The van der Waals surface area contributed by atoms with Crippen LogP contribution in [0.1, 0.15) is 50.6 Å². The van der Waals surface area contributed by atoms with Gasteiger partial charge in [-0.1, -0.05) is 32.0 Å². The maximum absolute atomic E-state index is 12.4. The first-order chi connectivity index (χ1) is 12.8. The molecule has 2 aromatic rings. The van der Waals surface area contributed by atoms with Gasteiger partial charge in [0.15, 0.2) is 0 Å². The van der Waals surface area contributed by atoms with Crippen LogP contribution in [0.5, 0.6) is 0 Å². The van der Waals surface area contributed by atoms with Crippen LogP contribution in [-0.4, -0.2) is 29.5 Å². The quantitative estimate of drug-likeness (QED) is 0.382. The van der Waals surface area contributed by atoms with E-state index in [1.54, 1.807) is 11.3 Å². The molecule has 0 radical (unpaired) electrons. The third-order valence-electron chi connectivity index (χ3n) is 4.83. The highest BCUT2D eigenvalue weighted by molar-refractivity contribution is 7.18. The molecule has 8 heteroatoms. The van der Waals surface area contributed by atoms with E-state index in [-0.39, 0.29) is 17.9 Å². The Bertz CT molecular complexity index is 827. The minimum Gasteiger partial charge on any atom is -0.352 e. The van der Waals surface area contributed by atoms with Gasteiger partial charge in [-0.25, -0.2) is 4.98 Å². The summed E-state index contributed by atoms with van der Waals surface area (Å²) in [6.45, 7) is 8.71. The number of nitrogens with two attached hydrogens (primary N) is 1. The van der Waals surface area contributed by atoms with Crippen LogP contribution in [0.3, 0.4) is 0 Å². The van der Waals surface area contributed by atoms with Crippen molar-refractivity contribution in [3.63, 3.8) is 0 Å². The van der Waals surface area contributed by atoms with Gasteiger partial charge < -0.3 is 11.1 Å². The molecule has 3 N–H and O–H groups in total. The second-order valence-corrected chi connectivity index (χ2v) is 8.43. The van der Waals surface area contributed by atoms with Crippen LogP contribution >= 0.6 is 11.3 Å². The molecule has 2 rings (SSSR count). The van der Waals surface area contributed by atoms with Crippen molar-refractivity contribution in [2.45, 2.75) is 58.5 Å². The summed E-state index contributed by atoms with van der Waals surface area (Å²) in [5, 5.41) is 7.37. The number of hydrogen-bond acceptors (Lipinski definition) is 5. The number of carbonyl (C=O) groups is 1. The fourth-order valence-corrected chi connectivity index (χ4v) is 3.82. The molecule has 0 saturated carbocycles. The second kappa shape index (κ2) is 9.69. The van der Waals surface area contributed by atoms with Crippen molar-refractivity contribution in [1.82, 2.24) is 10.3 Å². The molecule has 3 atom stereocenters. The van der Waals surface area contributed by atoms with E-state index in [4.69, 9.17) is 11.3 Å². The van der Waals surface area contributed by atoms with E-state index in [9.17, 15) is 4.79 Å². The van der Waals surface area contributed by atoms with E-state index in [2.05, 4.69) is 46.3 Å². The molecule has 0 unspecified atom stereocenters. The Morgan fingerprint density at radius 1 is 1.37 bits per heavy atom. The van der Waals surface area contributed by atoms with Crippen LogP contribution in [-0.2, 0) is 11.2 Å². The molecular weight excluding hydrogens is 360 g/mol. The van der Waals surface area contributed by atoms with Gasteiger partial charge in [0, 0.05) is 23.9 Å². The summed E-state index contributed by atoms with van der Waals surface area (Å²) >= 11 is 1.60. The fraction of sp³-hybridized carbons (Fsp3) is 0.579. The molecule has 27 heavy (non-hydrogen) atoms. The molecule has 0 aliphatic carbocycles. The van der Waals surface area contributed by atoms with Gasteiger partial charge in [-0.2, -0.15) is 0 Å². The van der Waals surface area contributed by atoms with E-state index in [0.717, 1.165) is 21.6 Å². The summed E-state index contributed by atoms with van der Waals surface area (Å²) in [7, 11) is 0. The van der Waals surface area contributed by atoms with Crippen molar-refractivity contribution in [2.24, 2.45) is 16.8 Å². The molecule has 146 valence electrons. The summed E-state index contributed by atoms with van der Waals surface area (Å²) < 4.78 is 1.13. The Hall–Kier alpha value is -2.15. The van der Waals surface area contributed by atoms with Crippen molar-refractivity contribution < 1.29 is 4.79 Å². The summed E-state index contributed by atoms with van der Waals surface area (Å²) in [6, 6.07) is 5.62. The van der Waals surface area contributed by atoms with E-state index in [1.807, 2.05) is 19.9 Å². The number of carbonyl (C=O) groups excluding carboxylic acids is 1. The van der Waals surface area contributed by atoms with Crippen LogP contribution in [0.2, 0.25) is 0 Å². The summed E-state index contributed by atoms with van der Waals surface area (Å²) in [4.78, 5) is 19.8. The number of azide groups is 1. The molecule has 0 fully saturated rings. The lowest BCUT2D eigenvalue weighted by molar-refractivity contribution is -0.123. The summed E-state index contributed by atoms with van der Waals surface area (Å²) in [5.74, 6) is 0.485. The van der Waals surface area contributed by atoms with Crippen molar-refractivity contribution in [1.29, 1.82) is 0 Å². The zero-order valence-electron chi connectivity index (χ0n) is 16.3. The van der Waals surface area contributed by atoms with Gasteiger partial charge in [0.1, 0.15) is 0 Å². The molecule has 1 heterocycles.